The highest BCUT2D eigenvalue weighted by Crippen LogP contribution is 2.25. The van der Waals surface area contributed by atoms with E-state index < -0.39 is 17.7 Å². The summed E-state index contributed by atoms with van der Waals surface area (Å²) in [4.78, 5) is 3.98. The van der Waals surface area contributed by atoms with Crippen molar-refractivity contribution in [2.75, 3.05) is 0 Å². The molecule has 0 aliphatic carbocycles. The average molecular weight is 249 g/mol. The lowest BCUT2D eigenvalue weighted by Crippen LogP contribution is -2.04. The van der Waals surface area contributed by atoms with Crippen molar-refractivity contribution in [1.29, 1.82) is 0 Å². The SMILES string of the molecule is CCc1cnccc1C(O)c1ccc(F)c(F)c1. The van der Waals surface area contributed by atoms with E-state index in [0.29, 0.717) is 17.5 Å². The predicted molar refractivity (Wildman–Crippen MR) is 64.0 cm³/mol. The maximum Gasteiger partial charge on any atom is 0.159 e. The highest BCUT2D eigenvalue weighted by Gasteiger charge is 2.15. The molecule has 1 heterocycles. The van der Waals surface area contributed by atoms with Crippen LogP contribution in [0.3, 0.4) is 0 Å². The molecule has 2 aromatic rings. The molecule has 4 heteroatoms. The van der Waals surface area contributed by atoms with Crippen LogP contribution in [0.5, 0.6) is 0 Å². The number of halogens is 2. The molecular weight excluding hydrogens is 236 g/mol. The number of pyridine rings is 1. The van der Waals surface area contributed by atoms with E-state index in [1.807, 2.05) is 6.92 Å². The Hall–Kier alpha value is -1.81. The van der Waals surface area contributed by atoms with Crippen LogP contribution in [-0.4, -0.2) is 10.1 Å². The van der Waals surface area contributed by atoms with Gasteiger partial charge < -0.3 is 5.11 Å². The fraction of sp³-hybridized carbons (Fsp3) is 0.214. The third-order valence-corrected chi connectivity index (χ3v) is 2.88. The number of aryl methyl sites for hydroxylation is 1. The Balaban J connectivity index is 2.41. The highest BCUT2D eigenvalue weighted by atomic mass is 19.2. The van der Waals surface area contributed by atoms with Crippen molar-refractivity contribution < 1.29 is 13.9 Å². The van der Waals surface area contributed by atoms with E-state index in [9.17, 15) is 13.9 Å². The molecular formula is C14H13F2NO. The van der Waals surface area contributed by atoms with Crippen molar-refractivity contribution in [3.8, 4) is 0 Å². The first-order chi connectivity index (χ1) is 8.63. The normalized spacial score (nSPS) is 12.4. The summed E-state index contributed by atoms with van der Waals surface area (Å²) in [6, 6.07) is 5.09. The Morgan fingerprint density at radius 2 is 2.00 bits per heavy atom. The second-order valence-corrected chi connectivity index (χ2v) is 4.00. The Bertz CT molecular complexity index is 557. The van der Waals surface area contributed by atoms with Gasteiger partial charge in [0.1, 0.15) is 6.10 Å². The number of nitrogens with zero attached hydrogens (tertiary/aromatic N) is 1. The van der Waals surface area contributed by atoms with Gasteiger partial charge in [0.25, 0.3) is 0 Å². The summed E-state index contributed by atoms with van der Waals surface area (Å²) in [6.45, 7) is 1.94. The molecule has 1 unspecified atom stereocenters. The molecule has 0 fully saturated rings. The van der Waals surface area contributed by atoms with Gasteiger partial charge in [-0.3, -0.25) is 4.98 Å². The van der Waals surface area contributed by atoms with Crippen LogP contribution >= 0.6 is 0 Å². The molecule has 0 saturated heterocycles. The topological polar surface area (TPSA) is 33.1 Å². The molecule has 0 aliphatic rings. The fourth-order valence-corrected chi connectivity index (χ4v) is 1.86. The molecule has 0 aliphatic heterocycles. The van der Waals surface area contributed by atoms with Gasteiger partial charge >= 0.3 is 0 Å². The molecule has 0 radical (unpaired) electrons. The van der Waals surface area contributed by atoms with Gasteiger partial charge in [-0.15, -0.1) is 0 Å². The van der Waals surface area contributed by atoms with Crippen molar-refractivity contribution >= 4 is 0 Å². The van der Waals surface area contributed by atoms with E-state index in [1.54, 1.807) is 18.5 Å². The third kappa shape index (κ3) is 2.38. The lowest BCUT2D eigenvalue weighted by Gasteiger charge is -2.15. The van der Waals surface area contributed by atoms with E-state index in [-0.39, 0.29) is 0 Å². The Morgan fingerprint density at radius 3 is 2.67 bits per heavy atom. The molecule has 1 N–H and O–H groups in total. The third-order valence-electron chi connectivity index (χ3n) is 2.88. The largest absolute Gasteiger partial charge is 0.384 e. The summed E-state index contributed by atoms with van der Waals surface area (Å²) >= 11 is 0. The first kappa shape index (κ1) is 12.6. The van der Waals surface area contributed by atoms with Gasteiger partial charge in [-0.05, 0) is 41.3 Å². The molecule has 1 atom stereocenters. The van der Waals surface area contributed by atoms with Gasteiger partial charge in [0.15, 0.2) is 11.6 Å². The zero-order chi connectivity index (χ0) is 13.1. The number of hydrogen-bond donors (Lipinski definition) is 1. The molecule has 0 spiro atoms. The van der Waals surface area contributed by atoms with Gasteiger partial charge in [-0.1, -0.05) is 13.0 Å². The lowest BCUT2D eigenvalue weighted by molar-refractivity contribution is 0.218. The summed E-state index contributed by atoms with van der Waals surface area (Å²) < 4.78 is 26.0. The van der Waals surface area contributed by atoms with E-state index in [0.717, 1.165) is 17.7 Å². The summed E-state index contributed by atoms with van der Waals surface area (Å²) in [6.07, 6.45) is 2.97. The van der Waals surface area contributed by atoms with Crippen LogP contribution in [0.25, 0.3) is 0 Å². The molecule has 1 aromatic carbocycles. The van der Waals surface area contributed by atoms with Gasteiger partial charge in [0, 0.05) is 12.4 Å². The van der Waals surface area contributed by atoms with Crippen molar-refractivity contribution in [2.45, 2.75) is 19.4 Å². The van der Waals surface area contributed by atoms with Crippen LogP contribution < -0.4 is 0 Å². The highest BCUT2D eigenvalue weighted by molar-refractivity contribution is 5.34. The van der Waals surface area contributed by atoms with Crippen LogP contribution in [0.2, 0.25) is 0 Å². The quantitative estimate of drug-likeness (QED) is 0.907. The van der Waals surface area contributed by atoms with Crippen LogP contribution in [0, 0.1) is 11.6 Å². The van der Waals surface area contributed by atoms with Crippen molar-refractivity contribution in [2.24, 2.45) is 0 Å². The van der Waals surface area contributed by atoms with Crippen LogP contribution in [0.15, 0.2) is 36.7 Å². The zero-order valence-electron chi connectivity index (χ0n) is 9.90. The Kier molecular flexibility index (Phi) is 3.67. The fourth-order valence-electron chi connectivity index (χ4n) is 1.86. The van der Waals surface area contributed by atoms with Gasteiger partial charge in [0.2, 0.25) is 0 Å². The first-order valence-electron chi connectivity index (χ1n) is 5.69. The summed E-state index contributed by atoms with van der Waals surface area (Å²) in [5.74, 6) is -1.88. The average Bonchev–Trinajstić information content (AvgIpc) is 2.41. The molecule has 0 bridgehead atoms. The molecule has 18 heavy (non-hydrogen) atoms. The van der Waals surface area contributed by atoms with E-state index >= 15 is 0 Å². The first-order valence-corrected chi connectivity index (χ1v) is 5.69. The molecule has 94 valence electrons. The minimum absolute atomic E-state index is 0.329. The molecule has 2 nitrogen and oxygen atoms in total. The summed E-state index contributed by atoms with van der Waals surface area (Å²) in [5.41, 5.74) is 1.88. The second-order valence-electron chi connectivity index (χ2n) is 4.00. The summed E-state index contributed by atoms with van der Waals surface area (Å²) in [7, 11) is 0. The lowest BCUT2D eigenvalue weighted by atomic mass is 9.97. The molecule has 0 amide bonds. The van der Waals surface area contributed by atoms with Crippen molar-refractivity contribution in [1.82, 2.24) is 4.98 Å². The van der Waals surface area contributed by atoms with Crippen LogP contribution in [0.1, 0.15) is 29.7 Å². The van der Waals surface area contributed by atoms with Gasteiger partial charge in [-0.25, -0.2) is 8.78 Å². The standard InChI is InChI=1S/C14H13F2NO/c1-2-9-8-17-6-5-11(9)14(18)10-3-4-12(15)13(16)7-10/h3-8,14,18H,2H2,1H3. The Labute approximate surface area is 104 Å². The number of benzene rings is 1. The van der Waals surface area contributed by atoms with E-state index in [4.69, 9.17) is 0 Å². The maximum absolute atomic E-state index is 13.1. The molecule has 2 rings (SSSR count). The Morgan fingerprint density at radius 1 is 1.22 bits per heavy atom. The second kappa shape index (κ2) is 5.23. The zero-order valence-corrected chi connectivity index (χ0v) is 9.90. The smallest absolute Gasteiger partial charge is 0.159 e. The number of aliphatic hydroxyl groups excluding tert-OH is 1. The van der Waals surface area contributed by atoms with Crippen molar-refractivity contribution in [3.63, 3.8) is 0 Å². The predicted octanol–water partition coefficient (Wildman–Crippen LogP) is 3.00. The van der Waals surface area contributed by atoms with Crippen LogP contribution in [0.4, 0.5) is 8.78 Å². The number of aromatic nitrogens is 1. The van der Waals surface area contributed by atoms with Crippen molar-refractivity contribution in [3.05, 3.63) is 65.0 Å². The van der Waals surface area contributed by atoms with Gasteiger partial charge in [0.05, 0.1) is 0 Å². The minimum Gasteiger partial charge on any atom is -0.384 e. The maximum atomic E-state index is 13.1. The monoisotopic (exact) mass is 249 g/mol. The number of rotatable bonds is 3. The van der Waals surface area contributed by atoms with Crippen LogP contribution in [-0.2, 0) is 6.42 Å². The van der Waals surface area contributed by atoms with Gasteiger partial charge in [-0.2, -0.15) is 0 Å². The molecule has 1 aromatic heterocycles. The number of hydrogen-bond acceptors (Lipinski definition) is 2. The number of aliphatic hydroxyl groups is 1. The van der Waals surface area contributed by atoms with E-state index in [2.05, 4.69) is 4.98 Å². The minimum atomic E-state index is -0.974. The van der Waals surface area contributed by atoms with E-state index in [1.165, 1.54) is 6.07 Å². The molecule has 0 saturated carbocycles. The summed E-state index contributed by atoms with van der Waals surface area (Å²) in [5, 5.41) is 10.2.